The summed E-state index contributed by atoms with van der Waals surface area (Å²) >= 11 is 0. The summed E-state index contributed by atoms with van der Waals surface area (Å²) < 4.78 is 38.0. The fraction of sp³-hybridized carbons (Fsp3) is 0.385. The van der Waals surface area contributed by atoms with Crippen LogP contribution in [0.3, 0.4) is 0 Å². The van der Waals surface area contributed by atoms with Crippen molar-refractivity contribution < 1.29 is 22.8 Å². The summed E-state index contributed by atoms with van der Waals surface area (Å²) in [5, 5.41) is 2.45. The minimum Gasteiger partial charge on any atom is -0.340 e. The lowest BCUT2D eigenvalue weighted by Gasteiger charge is -2.25. The van der Waals surface area contributed by atoms with Gasteiger partial charge in [0, 0.05) is 0 Å². The third kappa shape index (κ3) is 2.76. The SMILES string of the molecule is CCC1NC(=O)c2ccccc2N(CC(F)(F)F)C1=O. The Bertz CT molecular complexity index is 543. The number of halogens is 3. The molecule has 20 heavy (non-hydrogen) atoms. The van der Waals surface area contributed by atoms with Gasteiger partial charge in [-0.1, -0.05) is 19.1 Å². The van der Waals surface area contributed by atoms with Crippen molar-refractivity contribution in [2.75, 3.05) is 11.4 Å². The molecule has 1 N–H and O–H groups in total. The van der Waals surface area contributed by atoms with Crippen LogP contribution in [0.25, 0.3) is 0 Å². The van der Waals surface area contributed by atoms with Crippen LogP contribution in [0, 0.1) is 0 Å². The number of para-hydroxylation sites is 1. The lowest BCUT2D eigenvalue weighted by Crippen LogP contribution is -2.48. The fourth-order valence-electron chi connectivity index (χ4n) is 2.12. The molecule has 1 atom stereocenters. The highest BCUT2D eigenvalue weighted by Gasteiger charge is 2.39. The largest absolute Gasteiger partial charge is 0.406 e. The van der Waals surface area contributed by atoms with Crippen LogP contribution < -0.4 is 10.2 Å². The van der Waals surface area contributed by atoms with Gasteiger partial charge in [-0.3, -0.25) is 9.59 Å². The van der Waals surface area contributed by atoms with Crippen molar-refractivity contribution in [3.8, 4) is 0 Å². The molecule has 1 aromatic rings. The maximum atomic E-state index is 12.7. The molecule has 1 heterocycles. The van der Waals surface area contributed by atoms with E-state index in [1.807, 2.05) is 0 Å². The Morgan fingerprint density at radius 3 is 2.50 bits per heavy atom. The van der Waals surface area contributed by atoms with Gasteiger partial charge in [0.25, 0.3) is 5.91 Å². The number of alkyl halides is 3. The van der Waals surface area contributed by atoms with E-state index in [0.717, 1.165) is 0 Å². The van der Waals surface area contributed by atoms with E-state index in [4.69, 9.17) is 0 Å². The summed E-state index contributed by atoms with van der Waals surface area (Å²) in [6.07, 6.45) is -4.30. The molecule has 2 amide bonds. The number of hydrogen-bond acceptors (Lipinski definition) is 2. The van der Waals surface area contributed by atoms with Gasteiger partial charge in [-0.2, -0.15) is 13.2 Å². The van der Waals surface area contributed by atoms with Crippen LogP contribution >= 0.6 is 0 Å². The van der Waals surface area contributed by atoms with E-state index in [1.165, 1.54) is 18.2 Å². The molecule has 0 radical (unpaired) electrons. The number of rotatable bonds is 2. The minimum absolute atomic E-state index is 0.0109. The smallest absolute Gasteiger partial charge is 0.340 e. The quantitative estimate of drug-likeness (QED) is 0.905. The maximum Gasteiger partial charge on any atom is 0.406 e. The van der Waals surface area contributed by atoms with Gasteiger partial charge in [0.15, 0.2) is 0 Å². The summed E-state index contributed by atoms with van der Waals surface area (Å²) in [7, 11) is 0. The predicted octanol–water partition coefficient (Wildman–Crippen LogP) is 2.10. The molecule has 4 nitrogen and oxygen atoms in total. The Balaban J connectivity index is 2.51. The van der Waals surface area contributed by atoms with E-state index in [1.54, 1.807) is 13.0 Å². The van der Waals surface area contributed by atoms with Gasteiger partial charge in [-0.05, 0) is 18.6 Å². The van der Waals surface area contributed by atoms with Gasteiger partial charge in [0.05, 0.1) is 11.3 Å². The first-order chi connectivity index (χ1) is 9.33. The van der Waals surface area contributed by atoms with E-state index in [9.17, 15) is 22.8 Å². The van der Waals surface area contributed by atoms with Gasteiger partial charge in [-0.25, -0.2) is 0 Å². The predicted molar refractivity (Wildman–Crippen MR) is 66.4 cm³/mol. The van der Waals surface area contributed by atoms with Gasteiger partial charge in [-0.15, -0.1) is 0 Å². The average Bonchev–Trinajstić information content (AvgIpc) is 2.48. The number of nitrogens with one attached hydrogen (secondary N) is 1. The lowest BCUT2D eigenvalue weighted by atomic mass is 10.1. The highest BCUT2D eigenvalue weighted by Crippen LogP contribution is 2.28. The van der Waals surface area contributed by atoms with Crippen molar-refractivity contribution >= 4 is 17.5 Å². The zero-order valence-corrected chi connectivity index (χ0v) is 10.7. The number of amides is 2. The fourth-order valence-corrected chi connectivity index (χ4v) is 2.12. The van der Waals surface area contributed by atoms with Crippen molar-refractivity contribution in [3.63, 3.8) is 0 Å². The molecule has 2 rings (SSSR count). The minimum atomic E-state index is -4.53. The molecule has 0 aliphatic carbocycles. The second-order valence-electron chi connectivity index (χ2n) is 4.49. The number of benzene rings is 1. The molecule has 7 heteroatoms. The van der Waals surface area contributed by atoms with E-state index in [2.05, 4.69) is 5.32 Å². The topological polar surface area (TPSA) is 49.4 Å². The molecule has 1 unspecified atom stereocenters. The molecule has 0 saturated carbocycles. The number of fused-ring (bicyclic) bond motifs is 1. The van der Waals surface area contributed by atoms with Crippen LogP contribution in [0.15, 0.2) is 24.3 Å². The van der Waals surface area contributed by atoms with Crippen LogP contribution in [0.4, 0.5) is 18.9 Å². The Hall–Kier alpha value is -2.05. The standard InChI is InChI=1S/C13H13F3N2O2/c1-2-9-12(20)18(7-13(14,15)16)10-6-4-3-5-8(10)11(19)17-9/h3-6,9H,2,7H2,1H3,(H,17,19). The molecule has 0 bridgehead atoms. The van der Waals surface area contributed by atoms with Gasteiger partial charge < -0.3 is 10.2 Å². The first-order valence-corrected chi connectivity index (χ1v) is 6.11. The summed E-state index contributed by atoms with van der Waals surface area (Å²) in [5.41, 5.74) is 0.0596. The number of carbonyl (C=O) groups is 2. The van der Waals surface area contributed by atoms with Crippen molar-refractivity contribution in [1.29, 1.82) is 0 Å². The summed E-state index contributed by atoms with van der Waals surface area (Å²) in [4.78, 5) is 24.8. The van der Waals surface area contributed by atoms with Crippen LogP contribution in [0.1, 0.15) is 23.7 Å². The zero-order valence-electron chi connectivity index (χ0n) is 10.7. The molecule has 0 fully saturated rings. The molecule has 1 aliphatic rings. The summed E-state index contributed by atoms with van der Waals surface area (Å²) in [6.45, 7) is 0.221. The third-order valence-electron chi connectivity index (χ3n) is 3.05. The first-order valence-electron chi connectivity index (χ1n) is 6.11. The van der Waals surface area contributed by atoms with Crippen LogP contribution in [0.2, 0.25) is 0 Å². The summed E-state index contributed by atoms with van der Waals surface area (Å²) in [6, 6.07) is 4.84. The van der Waals surface area contributed by atoms with Crippen LogP contribution in [-0.2, 0) is 4.79 Å². The lowest BCUT2D eigenvalue weighted by molar-refractivity contribution is -0.133. The Labute approximate surface area is 113 Å². The van der Waals surface area contributed by atoms with E-state index < -0.39 is 30.6 Å². The first kappa shape index (κ1) is 14.4. The van der Waals surface area contributed by atoms with Crippen LogP contribution in [-0.4, -0.2) is 30.6 Å². The second-order valence-corrected chi connectivity index (χ2v) is 4.49. The third-order valence-corrected chi connectivity index (χ3v) is 3.05. The highest BCUT2D eigenvalue weighted by atomic mass is 19.4. The molecule has 0 spiro atoms. The summed E-state index contributed by atoms with van der Waals surface area (Å²) in [5.74, 6) is -1.28. The number of carbonyl (C=O) groups excluding carboxylic acids is 2. The Morgan fingerprint density at radius 2 is 1.90 bits per heavy atom. The van der Waals surface area contributed by atoms with Crippen molar-refractivity contribution in [2.45, 2.75) is 25.6 Å². The van der Waals surface area contributed by atoms with Gasteiger partial charge in [0.2, 0.25) is 5.91 Å². The monoisotopic (exact) mass is 286 g/mol. The van der Waals surface area contributed by atoms with Gasteiger partial charge in [0.1, 0.15) is 12.6 Å². The number of nitrogens with zero attached hydrogens (tertiary/aromatic N) is 1. The maximum absolute atomic E-state index is 12.7. The van der Waals surface area contributed by atoms with Crippen LogP contribution in [0.5, 0.6) is 0 Å². The molecule has 108 valence electrons. The average molecular weight is 286 g/mol. The Kier molecular flexibility index (Phi) is 3.69. The number of hydrogen-bond donors (Lipinski definition) is 1. The number of anilines is 1. The molecule has 0 saturated heterocycles. The zero-order chi connectivity index (χ0) is 14.9. The van der Waals surface area contributed by atoms with E-state index in [-0.39, 0.29) is 17.7 Å². The second kappa shape index (κ2) is 5.15. The van der Waals surface area contributed by atoms with Gasteiger partial charge >= 0.3 is 6.18 Å². The molecule has 0 aromatic heterocycles. The van der Waals surface area contributed by atoms with Crippen molar-refractivity contribution in [1.82, 2.24) is 5.32 Å². The molecular weight excluding hydrogens is 273 g/mol. The van der Waals surface area contributed by atoms with Crippen molar-refractivity contribution in [3.05, 3.63) is 29.8 Å². The van der Waals surface area contributed by atoms with E-state index >= 15 is 0 Å². The molecule has 1 aliphatic heterocycles. The van der Waals surface area contributed by atoms with E-state index in [0.29, 0.717) is 4.90 Å². The normalized spacial score (nSPS) is 19.4. The molecular formula is C13H13F3N2O2. The molecule has 1 aromatic carbocycles. The Morgan fingerprint density at radius 1 is 1.25 bits per heavy atom. The van der Waals surface area contributed by atoms with Crippen molar-refractivity contribution in [2.24, 2.45) is 0 Å². The highest BCUT2D eigenvalue weighted by molar-refractivity contribution is 6.10.